The summed E-state index contributed by atoms with van der Waals surface area (Å²) in [5, 5.41) is 9.17. The molecule has 0 aromatic heterocycles. The van der Waals surface area contributed by atoms with E-state index < -0.39 is 5.60 Å². The van der Waals surface area contributed by atoms with Gasteiger partial charge >= 0.3 is 6.09 Å². The number of nitriles is 1. The predicted molar refractivity (Wildman–Crippen MR) is 83.2 cm³/mol. The molecule has 0 spiro atoms. The molecule has 1 atom stereocenters. The average molecular weight is 304 g/mol. The molecule has 1 saturated heterocycles. The Balaban J connectivity index is 1.87. The summed E-state index contributed by atoms with van der Waals surface area (Å²) in [5.74, 6) is 0. The van der Waals surface area contributed by atoms with Crippen LogP contribution in [0, 0.1) is 11.3 Å². The highest BCUT2D eigenvalue weighted by molar-refractivity contribution is 8.00. The van der Waals surface area contributed by atoms with Crippen LogP contribution in [0.2, 0.25) is 0 Å². The van der Waals surface area contributed by atoms with Crippen LogP contribution in [0.1, 0.15) is 32.8 Å². The van der Waals surface area contributed by atoms with Crippen molar-refractivity contribution < 1.29 is 9.53 Å². The molecule has 4 nitrogen and oxygen atoms in total. The highest BCUT2D eigenvalue weighted by Gasteiger charge is 2.30. The van der Waals surface area contributed by atoms with E-state index in [4.69, 9.17) is 10.00 Å². The van der Waals surface area contributed by atoms with Gasteiger partial charge in [-0.2, -0.15) is 5.26 Å². The molecule has 0 unspecified atom stereocenters. The SMILES string of the molecule is CC(C)(C)OC(=O)N1CC[C@@H](Sc2ccc(C#N)cc2)C1. The molecule has 2 rings (SSSR count). The molecule has 0 radical (unpaired) electrons. The molecular weight excluding hydrogens is 284 g/mol. The number of carbonyl (C=O) groups excluding carboxylic acids is 1. The maximum atomic E-state index is 12.0. The smallest absolute Gasteiger partial charge is 0.410 e. The normalized spacial score (nSPS) is 18.4. The summed E-state index contributed by atoms with van der Waals surface area (Å²) < 4.78 is 5.39. The summed E-state index contributed by atoms with van der Waals surface area (Å²) in [6.45, 7) is 7.08. The summed E-state index contributed by atoms with van der Waals surface area (Å²) in [6, 6.07) is 9.67. The van der Waals surface area contributed by atoms with Gasteiger partial charge in [0.2, 0.25) is 0 Å². The van der Waals surface area contributed by atoms with Gasteiger partial charge < -0.3 is 9.64 Å². The van der Waals surface area contributed by atoms with Crippen LogP contribution in [-0.2, 0) is 4.74 Å². The monoisotopic (exact) mass is 304 g/mol. The lowest BCUT2D eigenvalue weighted by atomic mass is 10.2. The van der Waals surface area contributed by atoms with Crippen molar-refractivity contribution >= 4 is 17.9 Å². The van der Waals surface area contributed by atoms with E-state index in [0.717, 1.165) is 17.9 Å². The minimum absolute atomic E-state index is 0.231. The number of carbonyl (C=O) groups is 1. The van der Waals surface area contributed by atoms with Gasteiger partial charge in [0.1, 0.15) is 5.60 Å². The van der Waals surface area contributed by atoms with E-state index in [-0.39, 0.29) is 6.09 Å². The number of rotatable bonds is 2. The summed E-state index contributed by atoms with van der Waals surface area (Å²) in [5.41, 5.74) is 0.219. The molecule has 0 aliphatic carbocycles. The Morgan fingerprint density at radius 3 is 2.62 bits per heavy atom. The molecule has 1 aromatic carbocycles. The minimum Gasteiger partial charge on any atom is -0.444 e. The Morgan fingerprint density at radius 1 is 1.38 bits per heavy atom. The fourth-order valence-corrected chi connectivity index (χ4v) is 3.27. The quantitative estimate of drug-likeness (QED) is 0.836. The van der Waals surface area contributed by atoms with E-state index in [1.54, 1.807) is 16.7 Å². The largest absolute Gasteiger partial charge is 0.444 e. The maximum absolute atomic E-state index is 12.0. The van der Waals surface area contributed by atoms with Crippen LogP contribution in [0.5, 0.6) is 0 Å². The third-order valence-corrected chi connectivity index (χ3v) is 4.35. The minimum atomic E-state index is -0.449. The molecule has 1 aliphatic rings. The lowest BCUT2D eigenvalue weighted by molar-refractivity contribution is 0.0295. The van der Waals surface area contributed by atoms with Gasteiger partial charge in [0.15, 0.2) is 0 Å². The fraction of sp³-hybridized carbons (Fsp3) is 0.500. The second-order valence-electron chi connectivity index (χ2n) is 6.09. The van der Waals surface area contributed by atoms with Crippen LogP contribution < -0.4 is 0 Å². The molecule has 1 fully saturated rings. The molecule has 0 saturated carbocycles. The third kappa shape index (κ3) is 4.68. The van der Waals surface area contributed by atoms with Crippen molar-refractivity contribution in [1.29, 1.82) is 5.26 Å². The van der Waals surface area contributed by atoms with E-state index in [1.807, 2.05) is 45.0 Å². The number of amides is 1. The van der Waals surface area contributed by atoms with E-state index >= 15 is 0 Å². The van der Waals surface area contributed by atoms with Crippen LogP contribution in [0.15, 0.2) is 29.2 Å². The highest BCUT2D eigenvalue weighted by Crippen LogP contribution is 2.30. The maximum Gasteiger partial charge on any atom is 0.410 e. The topological polar surface area (TPSA) is 53.3 Å². The van der Waals surface area contributed by atoms with Gasteiger partial charge in [0.25, 0.3) is 0 Å². The van der Waals surface area contributed by atoms with Crippen molar-refractivity contribution in [1.82, 2.24) is 4.90 Å². The number of nitrogens with zero attached hydrogens (tertiary/aromatic N) is 2. The Morgan fingerprint density at radius 2 is 2.05 bits per heavy atom. The van der Waals surface area contributed by atoms with Crippen molar-refractivity contribution in [3.63, 3.8) is 0 Å². The molecule has 112 valence electrons. The van der Waals surface area contributed by atoms with Crippen LogP contribution in [-0.4, -0.2) is 34.9 Å². The second kappa shape index (κ2) is 6.40. The summed E-state index contributed by atoms with van der Waals surface area (Å²) in [7, 11) is 0. The van der Waals surface area contributed by atoms with Crippen molar-refractivity contribution in [2.45, 2.75) is 42.9 Å². The van der Waals surface area contributed by atoms with Crippen LogP contribution in [0.4, 0.5) is 4.79 Å². The highest BCUT2D eigenvalue weighted by atomic mass is 32.2. The lowest BCUT2D eigenvalue weighted by Gasteiger charge is -2.24. The third-order valence-electron chi connectivity index (χ3n) is 3.08. The van der Waals surface area contributed by atoms with Gasteiger partial charge in [-0.05, 0) is 51.5 Å². The standard InChI is InChI=1S/C16H20N2O2S/c1-16(2,3)20-15(19)18-9-8-14(11-18)21-13-6-4-12(10-17)5-7-13/h4-7,14H,8-9,11H2,1-3H3/t14-/m1/s1. The first-order chi connectivity index (χ1) is 9.87. The zero-order chi connectivity index (χ0) is 15.5. The Labute approximate surface area is 130 Å². The Hall–Kier alpha value is -1.67. The van der Waals surface area contributed by atoms with Crippen LogP contribution in [0.3, 0.4) is 0 Å². The fourth-order valence-electron chi connectivity index (χ4n) is 2.12. The number of thioether (sulfide) groups is 1. The number of likely N-dealkylation sites (tertiary alicyclic amines) is 1. The van der Waals surface area contributed by atoms with Crippen molar-refractivity contribution in [3.05, 3.63) is 29.8 Å². The molecule has 1 amide bonds. The number of hydrogen-bond donors (Lipinski definition) is 0. The van der Waals surface area contributed by atoms with Gasteiger partial charge in [0.05, 0.1) is 11.6 Å². The van der Waals surface area contributed by atoms with E-state index in [0.29, 0.717) is 17.4 Å². The van der Waals surface area contributed by atoms with Gasteiger partial charge in [-0.25, -0.2) is 4.79 Å². The molecule has 21 heavy (non-hydrogen) atoms. The molecule has 0 N–H and O–H groups in total. The molecule has 1 heterocycles. The van der Waals surface area contributed by atoms with Crippen molar-refractivity contribution in [2.24, 2.45) is 0 Å². The first kappa shape index (κ1) is 15.7. The van der Waals surface area contributed by atoms with E-state index in [9.17, 15) is 4.79 Å². The van der Waals surface area contributed by atoms with E-state index in [1.165, 1.54) is 0 Å². The first-order valence-electron chi connectivity index (χ1n) is 7.02. The number of ether oxygens (including phenoxy) is 1. The van der Waals surface area contributed by atoms with Gasteiger partial charge in [0, 0.05) is 23.2 Å². The zero-order valence-corrected chi connectivity index (χ0v) is 13.4. The Bertz CT molecular complexity index is 543. The zero-order valence-electron chi connectivity index (χ0n) is 12.6. The number of hydrogen-bond acceptors (Lipinski definition) is 4. The predicted octanol–water partition coefficient (Wildman–Crippen LogP) is 3.66. The van der Waals surface area contributed by atoms with E-state index in [2.05, 4.69) is 6.07 Å². The second-order valence-corrected chi connectivity index (χ2v) is 7.46. The molecule has 1 aromatic rings. The van der Waals surface area contributed by atoms with Gasteiger partial charge in [-0.1, -0.05) is 0 Å². The van der Waals surface area contributed by atoms with Crippen molar-refractivity contribution in [3.8, 4) is 6.07 Å². The summed E-state index contributed by atoms with van der Waals surface area (Å²) >= 11 is 1.75. The van der Waals surface area contributed by atoms with Crippen LogP contribution in [0.25, 0.3) is 0 Å². The summed E-state index contributed by atoms with van der Waals surface area (Å²) in [4.78, 5) is 14.9. The van der Waals surface area contributed by atoms with Gasteiger partial charge in [-0.15, -0.1) is 11.8 Å². The van der Waals surface area contributed by atoms with Crippen molar-refractivity contribution in [2.75, 3.05) is 13.1 Å². The van der Waals surface area contributed by atoms with Crippen LogP contribution >= 0.6 is 11.8 Å². The average Bonchev–Trinajstić information content (AvgIpc) is 2.86. The molecular formula is C16H20N2O2S. The molecule has 0 bridgehead atoms. The lowest BCUT2D eigenvalue weighted by Crippen LogP contribution is -2.35. The first-order valence-corrected chi connectivity index (χ1v) is 7.90. The molecule has 1 aliphatic heterocycles. The summed E-state index contributed by atoms with van der Waals surface area (Å²) in [6.07, 6.45) is 0.731. The number of benzene rings is 1. The van der Waals surface area contributed by atoms with Gasteiger partial charge in [-0.3, -0.25) is 0 Å². The molecule has 5 heteroatoms. The Kier molecular flexibility index (Phi) is 4.79.